The molecule has 2 aromatic carbocycles. The highest BCUT2D eigenvalue weighted by molar-refractivity contribution is 7.83. The lowest BCUT2D eigenvalue weighted by atomic mass is 10.0. The molecule has 142 valence electrons. The van der Waals surface area contributed by atoms with Gasteiger partial charge in [-0.2, -0.15) is 0 Å². The number of aldehydes is 1. The van der Waals surface area contributed by atoms with E-state index in [2.05, 4.69) is 4.98 Å². The van der Waals surface area contributed by atoms with Crippen LogP contribution in [0.25, 0.3) is 22.2 Å². The summed E-state index contributed by atoms with van der Waals surface area (Å²) in [6.07, 6.45) is 4.38. The fourth-order valence-electron chi connectivity index (χ4n) is 2.90. The Balaban J connectivity index is 0.00000109. The summed E-state index contributed by atoms with van der Waals surface area (Å²) >= 11 is 0. The van der Waals surface area contributed by atoms with E-state index in [9.17, 15) is 9.00 Å². The Bertz CT molecular complexity index is 1110. The van der Waals surface area contributed by atoms with Gasteiger partial charge in [0.25, 0.3) is 0 Å². The average molecular weight is 391 g/mol. The zero-order valence-corrected chi connectivity index (χ0v) is 16.9. The van der Waals surface area contributed by atoms with Crippen molar-refractivity contribution in [2.24, 2.45) is 0 Å². The SMILES string of the molecule is CC.Cc1ccc(S(=O)n2cc(-c3ccc(C=O)cc3)c3cccnc32)cc1. The molecular weight excluding hydrogens is 368 g/mol. The van der Waals surface area contributed by atoms with Crippen molar-refractivity contribution in [3.8, 4) is 11.1 Å². The van der Waals surface area contributed by atoms with Gasteiger partial charge < -0.3 is 0 Å². The molecule has 0 spiro atoms. The molecule has 4 aromatic rings. The number of pyridine rings is 1. The highest BCUT2D eigenvalue weighted by Crippen LogP contribution is 2.31. The van der Waals surface area contributed by atoms with Crippen molar-refractivity contribution in [2.45, 2.75) is 25.7 Å². The summed E-state index contributed by atoms with van der Waals surface area (Å²) in [4.78, 5) is 16.0. The number of aryl methyl sites for hydroxylation is 1. The quantitative estimate of drug-likeness (QED) is 0.437. The Hall–Kier alpha value is -3.05. The summed E-state index contributed by atoms with van der Waals surface area (Å²) in [7, 11) is -1.39. The Morgan fingerprint density at radius 2 is 1.64 bits per heavy atom. The van der Waals surface area contributed by atoms with Crippen molar-refractivity contribution in [3.63, 3.8) is 0 Å². The predicted octanol–water partition coefficient (Wildman–Crippen LogP) is 5.42. The molecule has 0 bridgehead atoms. The van der Waals surface area contributed by atoms with Crippen molar-refractivity contribution in [2.75, 3.05) is 0 Å². The summed E-state index contributed by atoms with van der Waals surface area (Å²) < 4.78 is 14.8. The molecular formula is C23H22N2O2S. The van der Waals surface area contributed by atoms with Gasteiger partial charge in [-0.05, 0) is 36.8 Å². The van der Waals surface area contributed by atoms with Crippen LogP contribution in [0.15, 0.2) is 78.0 Å². The van der Waals surface area contributed by atoms with E-state index in [0.717, 1.165) is 33.3 Å². The van der Waals surface area contributed by atoms with Crippen LogP contribution in [-0.2, 0) is 11.0 Å². The van der Waals surface area contributed by atoms with Crippen LogP contribution in [0.2, 0.25) is 0 Å². The minimum Gasteiger partial charge on any atom is -0.298 e. The zero-order chi connectivity index (χ0) is 20.1. The van der Waals surface area contributed by atoms with Gasteiger partial charge in [-0.15, -0.1) is 0 Å². The van der Waals surface area contributed by atoms with Gasteiger partial charge in [-0.3, -0.25) is 4.79 Å². The Labute approximate surface area is 167 Å². The summed E-state index contributed by atoms with van der Waals surface area (Å²) in [5, 5.41) is 0.923. The first-order valence-electron chi connectivity index (χ1n) is 9.18. The molecule has 2 aromatic heterocycles. The largest absolute Gasteiger partial charge is 0.298 e. The van der Waals surface area contributed by atoms with Crippen LogP contribution >= 0.6 is 0 Å². The molecule has 0 N–H and O–H groups in total. The molecule has 0 aliphatic rings. The van der Waals surface area contributed by atoms with Crippen molar-refractivity contribution < 1.29 is 9.00 Å². The van der Waals surface area contributed by atoms with Gasteiger partial charge in [-0.1, -0.05) is 55.8 Å². The monoisotopic (exact) mass is 390 g/mol. The molecule has 4 rings (SSSR count). The zero-order valence-electron chi connectivity index (χ0n) is 16.1. The molecule has 0 saturated heterocycles. The van der Waals surface area contributed by atoms with E-state index in [1.165, 1.54) is 0 Å². The van der Waals surface area contributed by atoms with Crippen LogP contribution in [0.1, 0.15) is 29.8 Å². The number of rotatable bonds is 4. The number of fused-ring (bicyclic) bond motifs is 1. The predicted molar refractivity (Wildman–Crippen MR) is 115 cm³/mol. The first-order valence-corrected chi connectivity index (χ1v) is 10.3. The Morgan fingerprint density at radius 3 is 2.29 bits per heavy atom. The van der Waals surface area contributed by atoms with E-state index >= 15 is 0 Å². The summed E-state index contributed by atoms with van der Waals surface area (Å²) in [5.41, 5.74) is 4.30. The molecule has 2 heterocycles. The third-order valence-corrected chi connectivity index (χ3v) is 5.60. The van der Waals surface area contributed by atoms with Gasteiger partial charge in [0.05, 0.1) is 4.90 Å². The molecule has 4 nitrogen and oxygen atoms in total. The normalized spacial score (nSPS) is 11.5. The molecule has 1 atom stereocenters. The molecule has 0 aliphatic carbocycles. The summed E-state index contributed by atoms with van der Waals surface area (Å²) in [5.74, 6) is 0. The van der Waals surface area contributed by atoms with Crippen molar-refractivity contribution >= 4 is 28.3 Å². The molecule has 0 amide bonds. The maximum atomic E-state index is 13.1. The van der Waals surface area contributed by atoms with Crippen molar-refractivity contribution in [1.82, 2.24) is 8.96 Å². The van der Waals surface area contributed by atoms with Gasteiger partial charge in [0.2, 0.25) is 0 Å². The van der Waals surface area contributed by atoms with Crippen LogP contribution in [0.4, 0.5) is 0 Å². The highest BCUT2D eigenvalue weighted by atomic mass is 32.2. The average Bonchev–Trinajstić information content (AvgIpc) is 3.15. The van der Waals surface area contributed by atoms with E-state index in [4.69, 9.17) is 0 Å². The van der Waals surface area contributed by atoms with Gasteiger partial charge in [0.1, 0.15) is 6.29 Å². The van der Waals surface area contributed by atoms with Gasteiger partial charge >= 0.3 is 0 Å². The molecule has 0 saturated carbocycles. The third-order valence-electron chi connectivity index (χ3n) is 4.29. The van der Waals surface area contributed by atoms with Crippen LogP contribution < -0.4 is 0 Å². The summed E-state index contributed by atoms with van der Waals surface area (Å²) in [6, 6.07) is 18.8. The minimum atomic E-state index is -1.39. The number of nitrogens with zero attached hydrogens (tertiary/aromatic N) is 2. The highest BCUT2D eigenvalue weighted by Gasteiger charge is 2.16. The van der Waals surface area contributed by atoms with E-state index < -0.39 is 11.0 Å². The molecule has 0 aliphatic heterocycles. The smallest absolute Gasteiger partial charge is 0.158 e. The standard InChI is InChI=1S/C21H16N2O2S.C2H6/c1-15-4-10-18(11-5-15)26(25)23-13-20(19-3-2-12-22-21(19)23)17-8-6-16(14-24)7-9-17;1-2/h2-14H,1H3;1-2H3. The number of aromatic nitrogens is 2. The maximum absolute atomic E-state index is 13.1. The van der Waals surface area contributed by atoms with E-state index in [0.29, 0.717) is 11.2 Å². The lowest BCUT2D eigenvalue weighted by molar-refractivity contribution is 0.112. The van der Waals surface area contributed by atoms with E-state index in [-0.39, 0.29) is 0 Å². The number of carbonyl (C=O) groups excluding carboxylic acids is 1. The van der Waals surface area contributed by atoms with Gasteiger partial charge in [-0.25, -0.2) is 13.2 Å². The third kappa shape index (κ3) is 3.80. The number of carbonyl (C=O) groups is 1. The van der Waals surface area contributed by atoms with Gasteiger partial charge in [0, 0.05) is 28.9 Å². The molecule has 28 heavy (non-hydrogen) atoms. The number of benzene rings is 2. The second kappa shape index (κ2) is 8.76. The lowest BCUT2D eigenvalue weighted by Gasteiger charge is -2.04. The topological polar surface area (TPSA) is 52.0 Å². The fourth-order valence-corrected chi connectivity index (χ4v) is 4.00. The number of hydrogen-bond donors (Lipinski definition) is 0. The lowest BCUT2D eigenvalue weighted by Crippen LogP contribution is -2.04. The van der Waals surface area contributed by atoms with Crippen LogP contribution in [-0.4, -0.2) is 19.5 Å². The first kappa shape index (κ1) is 19.7. The van der Waals surface area contributed by atoms with Crippen LogP contribution in [0.5, 0.6) is 0 Å². The van der Waals surface area contributed by atoms with E-state index in [1.807, 2.05) is 75.5 Å². The minimum absolute atomic E-state index is 0.624. The van der Waals surface area contributed by atoms with Crippen molar-refractivity contribution in [3.05, 3.63) is 84.2 Å². The van der Waals surface area contributed by atoms with Crippen LogP contribution in [0.3, 0.4) is 0 Å². The Kier molecular flexibility index (Phi) is 6.16. The molecule has 1 unspecified atom stereocenters. The molecule has 5 heteroatoms. The fraction of sp³-hybridized carbons (Fsp3) is 0.130. The molecule has 0 radical (unpaired) electrons. The molecule has 0 fully saturated rings. The first-order chi connectivity index (χ1) is 13.7. The van der Waals surface area contributed by atoms with Crippen molar-refractivity contribution in [1.29, 1.82) is 0 Å². The Morgan fingerprint density at radius 1 is 0.964 bits per heavy atom. The second-order valence-electron chi connectivity index (χ2n) is 6.05. The number of hydrogen-bond acceptors (Lipinski definition) is 3. The summed E-state index contributed by atoms with van der Waals surface area (Å²) in [6.45, 7) is 6.00. The van der Waals surface area contributed by atoms with Crippen LogP contribution in [0, 0.1) is 6.92 Å². The second-order valence-corrected chi connectivity index (χ2v) is 7.41. The van der Waals surface area contributed by atoms with E-state index in [1.54, 1.807) is 22.3 Å². The maximum Gasteiger partial charge on any atom is 0.158 e. The van der Waals surface area contributed by atoms with Gasteiger partial charge in [0.15, 0.2) is 16.6 Å².